The average molecular weight is 552 g/mol. The molecular formula is C17H23F6N6O6P. The number of carbonyl (C=O) groups excluding carboxylic acids is 1. The molecule has 0 radical (unpaired) electrons. The van der Waals surface area contributed by atoms with Crippen LogP contribution in [0.5, 0.6) is 0 Å². The Labute approximate surface area is 200 Å². The number of ether oxygens (including phenoxy) is 1. The Bertz CT molecular complexity index is 1040. The number of hydrogen-bond donors (Lipinski definition) is 1. The van der Waals surface area contributed by atoms with Gasteiger partial charge in [0.15, 0.2) is 30.1 Å². The van der Waals surface area contributed by atoms with Gasteiger partial charge in [0, 0.05) is 0 Å². The van der Waals surface area contributed by atoms with E-state index in [2.05, 4.69) is 34.8 Å². The van der Waals surface area contributed by atoms with Crippen molar-refractivity contribution in [3.63, 3.8) is 0 Å². The van der Waals surface area contributed by atoms with Gasteiger partial charge in [0.1, 0.15) is 12.7 Å². The summed E-state index contributed by atoms with van der Waals surface area (Å²) in [4.78, 5) is 25.2. The van der Waals surface area contributed by atoms with Crippen LogP contribution in [-0.4, -0.2) is 75.5 Å². The van der Waals surface area contributed by atoms with Crippen molar-refractivity contribution in [2.45, 2.75) is 45.8 Å². The van der Waals surface area contributed by atoms with E-state index < -0.39 is 51.5 Å². The predicted octanol–water partition coefficient (Wildman–Crippen LogP) is 3.25. The molecule has 0 saturated carbocycles. The zero-order chi connectivity index (χ0) is 27.1. The van der Waals surface area contributed by atoms with E-state index in [0.717, 1.165) is 11.0 Å². The molecule has 0 bridgehead atoms. The van der Waals surface area contributed by atoms with Gasteiger partial charge >= 0.3 is 19.9 Å². The third-order valence-corrected chi connectivity index (χ3v) is 5.40. The number of amides is 1. The van der Waals surface area contributed by atoms with Crippen molar-refractivity contribution in [2.24, 2.45) is 5.92 Å². The largest absolute Gasteiger partial charge is 0.412 e. The van der Waals surface area contributed by atoms with E-state index in [0.29, 0.717) is 0 Å². The monoisotopic (exact) mass is 552 g/mol. The summed E-state index contributed by atoms with van der Waals surface area (Å²) in [7, 11) is -4.94. The second-order valence-electron chi connectivity index (χ2n) is 7.80. The Morgan fingerprint density at radius 1 is 1.08 bits per heavy atom. The van der Waals surface area contributed by atoms with Gasteiger partial charge in [0.25, 0.3) is 5.91 Å². The highest BCUT2D eigenvalue weighted by Gasteiger charge is 2.39. The Morgan fingerprint density at radius 2 is 1.69 bits per heavy atom. The number of rotatable bonds is 13. The van der Waals surface area contributed by atoms with E-state index in [-0.39, 0.29) is 35.9 Å². The lowest BCUT2D eigenvalue weighted by Crippen LogP contribution is -2.26. The molecule has 0 aliphatic rings. The van der Waals surface area contributed by atoms with Crippen molar-refractivity contribution in [1.29, 1.82) is 0 Å². The normalized spacial score (nSPS) is 13.9. The molecule has 0 spiro atoms. The van der Waals surface area contributed by atoms with Crippen LogP contribution < -0.4 is 5.48 Å². The molecule has 0 unspecified atom stereocenters. The van der Waals surface area contributed by atoms with Gasteiger partial charge in [-0.25, -0.2) is 20.1 Å². The third-order valence-electron chi connectivity index (χ3n) is 3.89. The molecule has 19 heteroatoms. The molecule has 0 aromatic carbocycles. The summed E-state index contributed by atoms with van der Waals surface area (Å²) in [6.45, 7) is 0.940. The van der Waals surface area contributed by atoms with E-state index in [9.17, 15) is 35.7 Å². The highest BCUT2D eigenvalue weighted by Crippen LogP contribution is 2.50. The van der Waals surface area contributed by atoms with Crippen LogP contribution in [0.3, 0.4) is 0 Å². The number of nitrogens with zero attached hydrogens (tertiary/aromatic N) is 5. The van der Waals surface area contributed by atoms with Crippen molar-refractivity contribution in [3.05, 3.63) is 12.0 Å². The number of halogens is 6. The molecule has 2 rings (SSSR count). The molecule has 2 aromatic heterocycles. The molecule has 1 atom stereocenters. The summed E-state index contributed by atoms with van der Waals surface area (Å²) >= 11 is 0. The first-order valence-electron chi connectivity index (χ1n) is 10.2. The first kappa shape index (κ1) is 29.8. The minimum atomic E-state index is -4.97. The molecule has 1 N–H and O–H groups in total. The second-order valence-corrected chi connectivity index (χ2v) is 9.79. The zero-order valence-electron chi connectivity index (χ0n) is 19.2. The van der Waals surface area contributed by atoms with Crippen LogP contribution in [0, 0.1) is 5.92 Å². The average Bonchev–Trinajstić information content (AvgIpc) is 3.17. The number of nitrogens with one attached hydrogen (secondary N) is 1. The SMILES string of the molecule is CC(C)CONC(=O)c1ncnc2c1nnn2C[C@@H](C)OCP(=O)(OCC(F)(F)F)OCC(F)(F)F. The predicted molar refractivity (Wildman–Crippen MR) is 108 cm³/mol. The van der Waals surface area contributed by atoms with E-state index in [1.165, 1.54) is 6.92 Å². The zero-order valence-corrected chi connectivity index (χ0v) is 20.1. The van der Waals surface area contributed by atoms with Crippen molar-refractivity contribution in [3.8, 4) is 0 Å². The summed E-state index contributed by atoms with van der Waals surface area (Å²) in [6.07, 6.45) is -11.1. The van der Waals surface area contributed by atoms with Crippen LogP contribution in [0.15, 0.2) is 6.33 Å². The van der Waals surface area contributed by atoms with Crippen LogP contribution in [0.2, 0.25) is 0 Å². The van der Waals surface area contributed by atoms with E-state index >= 15 is 0 Å². The van der Waals surface area contributed by atoms with Gasteiger partial charge < -0.3 is 4.74 Å². The molecule has 0 fully saturated rings. The van der Waals surface area contributed by atoms with Crippen LogP contribution in [-0.2, 0) is 29.7 Å². The lowest BCUT2D eigenvalue weighted by Gasteiger charge is -2.22. The van der Waals surface area contributed by atoms with Gasteiger partial charge in [-0.1, -0.05) is 19.1 Å². The number of fused-ring (bicyclic) bond motifs is 1. The molecule has 36 heavy (non-hydrogen) atoms. The number of hydroxylamine groups is 1. The Balaban J connectivity index is 2.07. The smallest absolute Gasteiger partial charge is 0.364 e. The van der Waals surface area contributed by atoms with Crippen molar-refractivity contribution in [1.82, 2.24) is 30.4 Å². The number of carbonyl (C=O) groups is 1. The van der Waals surface area contributed by atoms with Crippen LogP contribution in [0.1, 0.15) is 31.3 Å². The Hall–Kier alpha value is -2.40. The fraction of sp³-hybridized carbons (Fsp3) is 0.706. The summed E-state index contributed by atoms with van der Waals surface area (Å²) in [5, 5.41) is 7.62. The second kappa shape index (κ2) is 12.2. The highest BCUT2D eigenvalue weighted by molar-refractivity contribution is 7.53. The summed E-state index contributed by atoms with van der Waals surface area (Å²) < 4.78 is 101. The topological polar surface area (TPSA) is 140 Å². The van der Waals surface area contributed by atoms with Gasteiger partial charge in [0.2, 0.25) is 0 Å². The lowest BCUT2D eigenvalue weighted by atomic mass is 10.2. The van der Waals surface area contributed by atoms with E-state index in [1.54, 1.807) is 0 Å². The summed E-state index contributed by atoms with van der Waals surface area (Å²) in [5.41, 5.74) is 2.10. The molecule has 0 aliphatic heterocycles. The first-order chi connectivity index (χ1) is 16.6. The molecule has 12 nitrogen and oxygen atoms in total. The number of hydrogen-bond acceptors (Lipinski definition) is 10. The van der Waals surface area contributed by atoms with Crippen LogP contribution in [0.4, 0.5) is 26.3 Å². The Morgan fingerprint density at radius 3 is 2.25 bits per heavy atom. The van der Waals surface area contributed by atoms with Crippen molar-refractivity contribution >= 4 is 24.7 Å². The number of aromatic nitrogens is 5. The maximum absolute atomic E-state index is 12.4. The lowest BCUT2D eigenvalue weighted by molar-refractivity contribution is -0.166. The van der Waals surface area contributed by atoms with Gasteiger partial charge in [-0.05, 0) is 12.8 Å². The third kappa shape index (κ3) is 9.93. The summed E-state index contributed by atoms with van der Waals surface area (Å²) in [6, 6.07) is 0. The fourth-order valence-electron chi connectivity index (χ4n) is 2.37. The van der Waals surface area contributed by atoms with Gasteiger partial charge in [-0.3, -0.25) is 23.2 Å². The van der Waals surface area contributed by atoms with Crippen LogP contribution >= 0.6 is 7.60 Å². The van der Waals surface area contributed by atoms with Crippen molar-refractivity contribution in [2.75, 3.05) is 26.2 Å². The van der Waals surface area contributed by atoms with Crippen molar-refractivity contribution < 1.29 is 54.3 Å². The standard InChI is InChI=1S/C17H23F6N6O6P/c1-10(2)5-33-27-15(30)13-12-14(25-8-24-13)29(28-26-12)4-11(3)32-9-36(31,34-6-16(18,19)20)35-7-17(21,22)23/h8,10-11H,4-7,9H2,1-3H3,(H,27,30)/t11-/m1/s1. The Kier molecular flexibility index (Phi) is 10.1. The molecule has 2 heterocycles. The molecular weight excluding hydrogens is 529 g/mol. The molecule has 204 valence electrons. The van der Waals surface area contributed by atoms with Crippen LogP contribution in [0.25, 0.3) is 11.2 Å². The number of alkyl halides is 6. The van der Waals surface area contributed by atoms with Gasteiger partial charge in [-0.15, -0.1) is 5.10 Å². The fourth-order valence-corrected chi connectivity index (χ4v) is 3.72. The highest BCUT2D eigenvalue weighted by atomic mass is 31.2. The maximum atomic E-state index is 12.4. The van der Waals surface area contributed by atoms with E-state index in [4.69, 9.17) is 9.57 Å². The first-order valence-corrected chi connectivity index (χ1v) is 11.9. The van der Waals surface area contributed by atoms with E-state index in [1.807, 2.05) is 13.8 Å². The summed E-state index contributed by atoms with van der Waals surface area (Å²) in [5.74, 6) is -0.574. The molecule has 1 amide bonds. The molecule has 2 aromatic rings. The molecule has 0 aliphatic carbocycles. The minimum absolute atomic E-state index is 0.0111. The molecule has 0 saturated heterocycles. The minimum Gasteiger partial charge on any atom is -0.364 e. The maximum Gasteiger partial charge on any atom is 0.412 e. The quantitative estimate of drug-likeness (QED) is 0.224. The van der Waals surface area contributed by atoms with Gasteiger partial charge in [0.05, 0.1) is 19.3 Å². The van der Waals surface area contributed by atoms with Gasteiger partial charge in [-0.2, -0.15) is 26.3 Å².